The first-order valence-electron chi connectivity index (χ1n) is 41.9. The number of hydrogen-bond acceptors (Lipinski definition) is 17. The number of nitrogens with zero attached hydrogens (tertiary/aromatic N) is 11. The van der Waals surface area contributed by atoms with Crippen molar-refractivity contribution >= 4 is 70.9 Å². The van der Waals surface area contributed by atoms with E-state index in [0.717, 1.165) is 24.0 Å². The molecular weight excluding hydrogens is 1490 g/mol. The van der Waals surface area contributed by atoms with E-state index in [2.05, 4.69) is 5.32 Å². The zero-order valence-corrected chi connectivity index (χ0v) is 72.0. The van der Waals surface area contributed by atoms with Crippen LogP contribution in [-0.4, -0.2) is 282 Å². The van der Waals surface area contributed by atoms with Crippen LogP contribution >= 0.6 is 0 Å². The highest BCUT2D eigenvalue weighted by atomic mass is 16.2. The van der Waals surface area contributed by atoms with Crippen molar-refractivity contribution in [3.8, 4) is 0 Å². The monoisotopic (exact) mass is 1630 g/mol. The number of unbranched alkanes of at least 4 members (excludes halogenated alkanes) is 4. The number of benzene rings is 4. The number of carbonyl (C=O) groups is 12. The molecule has 0 radical (unpaired) electrons. The Morgan fingerprint density at radius 3 is 0.709 bits per heavy atom. The fraction of sp³-hybridized carbons (Fsp3) is 0.591. The third kappa shape index (κ3) is 35.6. The largest absolute Gasteiger partial charge is 0.368 e. The summed E-state index contributed by atoms with van der Waals surface area (Å²) in [6.07, 6.45) is 4.20. The summed E-state index contributed by atoms with van der Waals surface area (Å²) in [6, 6.07) is 33.6. The molecule has 648 valence electrons. The van der Waals surface area contributed by atoms with Crippen molar-refractivity contribution in [2.45, 2.75) is 159 Å². The minimum atomic E-state index is -0.776. The van der Waals surface area contributed by atoms with Crippen molar-refractivity contribution in [2.75, 3.05) is 157 Å². The van der Waals surface area contributed by atoms with E-state index in [4.69, 9.17) is 28.7 Å². The molecule has 0 aliphatic carbocycles. The lowest BCUT2D eigenvalue weighted by Gasteiger charge is -2.36. The van der Waals surface area contributed by atoms with E-state index < -0.39 is 155 Å². The number of carbonyl (C=O) groups excluding carboxylic acids is 12. The fourth-order valence-corrected chi connectivity index (χ4v) is 13.8. The van der Waals surface area contributed by atoms with Gasteiger partial charge in [0.1, 0.15) is 19.6 Å². The van der Waals surface area contributed by atoms with E-state index in [1.165, 1.54) is 53.9 Å². The summed E-state index contributed by atoms with van der Waals surface area (Å²) >= 11 is 0. The molecule has 0 bridgehead atoms. The molecule has 4 aromatic carbocycles. The topological polar surface area (TPSA) is 383 Å². The molecule has 0 saturated carbocycles. The molecule has 12 amide bonds. The van der Waals surface area contributed by atoms with E-state index in [1.807, 2.05) is 159 Å². The molecule has 0 aliphatic heterocycles. The highest BCUT2D eigenvalue weighted by Crippen LogP contribution is 2.27. The summed E-state index contributed by atoms with van der Waals surface area (Å²) in [4.78, 5) is 192. The average Bonchev–Trinajstić information content (AvgIpc) is 0.832. The number of nitrogens with one attached hydrogen (secondary N) is 1. The number of rotatable bonds is 56. The van der Waals surface area contributed by atoms with E-state index in [-0.39, 0.29) is 95.0 Å². The molecule has 4 aromatic rings. The predicted molar refractivity (Wildman–Crippen MR) is 457 cm³/mol. The second-order valence-electron chi connectivity index (χ2n) is 32.2. The number of primary amides is 1. The highest BCUT2D eigenvalue weighted by molar-refractivity contribution is 5.95. The van der Waals surface area contributed by atoms with Crippen molar-refractivity contribution in [3.63, 3.8) is 0 Å². The second-order valence-corrected chi connectivity index (χ2v) is 32.2. The van der Waals surface area contributed by atoms with Crippen LogP contribution < -0.4 is 34.0 Å². The Kier molecular flexibility index (Phi) is 45.7. The van der Waals surface area contributed by atoms with Gasteiger partial charge in [-0.3, -0.25) is 57.5 Å². The van der Waals surface area contributed by atoms with E-state index in [0.29, 0.717) is 75.8 Å². The SMILES string of the molecule is CC(C)CN(CC(=O)N(CC(N)=O)[C@@H](C)c1ccccc1)C(=O)CN(CCCCN)C(=O)CN(C(=O)CN(CC(C)C)C(=O)CN(CCCCN)C(=O)CN(C(=O)CN(CC(C)C)C(=O)CN(CCCCN)C(=O)CN(C(=O)CN(CC(C)C)C(=O)CNCCCCN)[C@@H](C)c1ccccc1)[C@@H](C)c1ccccc1)[C@@H](C)c1ccccc1. The zero-order chi connectivity index (χ0) is 86.7. The van der Waals surface area contributed by atoms with Gasteiger partial charge in [0, 0.05) is 45.8 Å². The van der Waals surface area contributed by atoms with Gasteiger partial charge in [-0.25, -0.2) is 0 Å². The normalized spacial score (nSPS) is 12.3. The minimum Gasteiger partial charge on any atom is -0.368 e. The summed E-state index contributed by atoms with van der Waals surface area (Å²) in [5, 5.41) is 3.17. The van der Waals surface area contributed by atoms with E-state index >= 15 is 33.6 Å². The molecular formula is C88H139N17O12. The molecule has 0 heterocycles. The number of hydrogen-bond donors (Lipinski definition) is 6. The lowest BCUT2D eigenvalue weighted by molar-refractivity contribution is -0.151. The van der Waals surface area contributed by atoms with Crippen LogP contribution in [0.2, 0.25) is 0 Å². The first-order chi connectivity index (χ1) is 55.7. The van der Waals surface area contributed by atoms with Crippen LogP contribution in [0, 0.1) is 23.7 Å². The van der Waals surface area contributed by atoms with Crippen LogP contribution in [0.1, 0.15) is 181 Å². The van der Waals surface area contributed by atoms with Gasteiger partial charge in [0.15, 0.2) is 0 Å². The van der Waals surface area contributed by atoms with Crippen LogP contribution in [0.15, 0.2) is 121 Å². The lowest BCUT2D eigenvalue weighted by atomic mass is 10.1. The van der Waals surface area contributed by atoms with Crippen molar-refractivity contribution in [1.29, 1.82) is 0 Å². The van der Waals surface area contributed by atoms with E-state index in [9.17, 15) is 24.0 Å². The first kappa shape index (κ1) is 99.7. The standard InChI is InChI=1S/C88H139N17O12/c1-65(2)50-98(78(107)49-94-45-29-25-41-89)58-86(115)103(70(10)74-35-19-14-20-36-74)62-82(111)96(47-31-27-43-91)56-80(109)100(52-67(5)6)60-88(117)105(72(12)76-39-23-16-24-40-76)64-84(113)97(48-32-28-44-92)57-81(110)101(53-68(7)8)61-87(116)104(71(11)75-37-21-15-22-38-75)63-83(112)95(46-30-26-42-90)55-79(108)99(51-66(3)4)59-85(114)102(54-77(93)106)69(9)73-33-17-13-18-34-73/h13-24,33-40,65-72,94H,25-32,41-64,89-92H2,1-12H3,(H2,93,106)/t69-,70-,71-,72-/m0/s1. The van der Waals surface area contributed by atoms with Crippen molar-refractivity contribution in [1.82, 2.24) is 59.2 Å². The predicted octanol–water partition coefficient (Wildman–Crippen LogP) is 5.80. The molecule has 4 atom stereocenters. The van der Waals surface area contributed by atoms with Crippen LogP contribution in [0.3, 0.4) is 0 Å². The Balaban J connectivity index is 1.72. The van der Waals surface area contributed by atoms with Crippen molar-refractivity contribution in [3.05, 3.63) is 144 Å². The first-order valence-corrected chi connectivity index (χ1v) is 41.9. The Bertz CT molecular complexity index is 3690. The van der Waals surface area contributed by atoms with Crippen LogP contribution in [0.25, 0.3) is 0 Å². The smallest absolute Gasteiger partial charge is 0.243 e. The molecule has 117 heavy (non-hydrogen) atoms. The zero-order valence-electron chi connectivity index (χ0n) is 72.0. The maximum Gasteiger partial charge on any atom is 0.243 e. The van der Waals surface area contributed by atoms with Gasteiger partial charge in [0.2, 0.25) is 70.9 Å². The molecule has 0 saturated heterocycles. The Labute approximate surface area is 696 Å². The third-order valence-electron chi connectivity index (χ3n) is 20.3. The molecule has 0 aromatic heterocycles. The summed E-state index contributed by atoms with van der Waals surface area (Å²) in [5.41, 5.74) is 32.2. The molecule has 0 spiro atoms. The second kappa shape index (κ2) is 53.6. The van der Waals surface area contributed by atoms with Gasteiger partial charge in [0.25, 0.3) is 0 Å². The Hall–Kier alpha value is -9.68. The van der Waals surface area contributed by atoms with Gasteiger partial charge in [0.05, 0.1) is 83.1 Å². The van der Waals surface area contributed by atoms with Crippen LogP contribution in [0.4, 0.5) is 0 Å². The summed E-state index contributed by atoms with van der Waals surface area (Å²) in [5.74, 6) is -7.25. The maximum atomic E-state index is 15.5. The van der Waals surface area contributed by atoms with Crippen LogP contribution in [-0.2, 0) is 57.5 Å². The highest BCUT2D eigenvalue weighted by Gasteiger charge is 2.37. The third-order valence-corrected chi connectivity index (χ3v) is 20.3. The van der Waals surface area contributed by atoms with Crippen LogP contribution in [0.5, 0.6) is 0 Å². The van der Waals surface area contributed by atoms with Gasteiger partial charge in [-0.1, -0.05) is 177 Å². The minimum absolute atomic E-state index is 0.00363. The molecule has 0 aliphatic rings. The lowest BCUT2D eigenvalue weighted by Crippen LogP contribution is -2.54. The van der Waals surface area contributed by atoms with Gasteiger partial charge in [-0.15, -0.1) is 0 Å². The molecule has 29 heteroatoms. The maximum absolute atomic E-state index is 15.5. The van der Waals surface area contributed by atoms with E-state index in [1.54, 1.807) is 45.0 Å². The molecule has 0 fully saturated rings. The van der Waals surface area contributed by atoms with Crippen molar-refractivity contribution in [2.24, 2.45) is 52.3 Å². The van der Waals surface area contributed by atoms with Gasteiger partial charge < -0.3 is 87.9 Å². The number of amides is 12. The summed E-state index contributed by atoms with van der Waals surface area (Å²) in [7, 11) is 0. The molecule has 4 rings (SSSR count). The van der Waals surface area contributed by atoms with Gasteiger partial charge in [-0.2, -0.15) is 0 Å². The van der Waals surface area contributed by atoms with Crippen molar-refractivity contribution < 1.29 is 57.5 Å². The van der Waals surface area contributed by atoms with Gasteiger partial charge in [-0.05, 0) is 158 Å². The summed E-state index contributed by atoms with van der Waals surface area (Å²) < 4.78 is 0. The molecule has 29 nitrogen and oxygen atoms in total. The number of nitrogens with two attached hydrogens (primary N) is 5. The Morgan fingerprint density at radius 1 is 0.265 bits per heavy atom. The average molecular weight is 1630 g/mol. The Morgan fingerprint density at radius 2 is 0.479 bits per heavy atom. The summed E-state index contributed by atoms with van der Waals surface area (Å²) in [6.45, 7) is 19.7. The van der Waals surface area contributed by atoms with Gasteiger partial charge >= 0.3 is 0 Å². The quantitative estimate of drug-likeness (QED) is 0.0284. The molecule has 0 unspecified atom stereocenters. The molecule has 11 N–H and O–H groups in total. The fourth-order valence-electron chi connectivity index (χ4n) is 13.8.